The summed E-state index contributed by atoms with van der Waals surface area (Å²) in [6.07, 6.45) is 1.01. The van der Waals surface area contributed by atoms with Gasteiger partial charge in [-0.3, -0.25) is 4.90 Å². The number of H-pyrrole nitrogens is 2. The normalized spacial score (nSPS) is 11.6. The third-order valence-corrected chi connectivity index (χ3v) is 4.25. The third-order valence-electron chi connectivity index (χ3n) is 4.25. The maximum absolute atomic E-state index is 4.75. The van der Waals surface area contributed by atoms with Gasteiger partial charge in [-0.15, -0.1) is 0 Å². The standard InChI is InChI=1S/C19H22N6/c1-24(2)12-7-13-25(18-20-14-8-3-4-9-15(14)21-18)19-22-16-10-5-6-11-17(16)23-19/h3-6,8-11H,7,12-13H2,1-2H3,(H,20,21)(H,22,23). The molecule has 0 fully saturated rings. The van der Waals surface area contributed by atoms with Crippen LogP contribution in [-0.2, 0) is 0 Å². The first-order valence-electron chi connectivity index (χ1n) is 8.52. The molecule has 6 heteroatoms. The number of nitrogens with one attached hydrogen (secondary N) is 2. The van der Waals surface area contributed by atoms with Crippen molar-refractivity contribution in [2.24, 2.45) is 0 Å². The van der Waals surface area contributed by atoms with Gasteiger partial charge in [-0.1, -0.05) is 24.3 Å². The lowest BCUT2D eigenvalue weighted by molar-refractivity contribution is 0.402. The minimum atomic E-state index is 0.819. The summed E-state index contributed by atoms with van der Waals surface area (Å²) in [5.41, 5.74) is 4.00. The highest BCUT2D eigenvalue weighted by atomic mass is 15.3. The molecule has 0 aliphatic carbocycles. The van der Waals surface area contributed by atoms with E-state index < -0.39 is 0 Å². The van der Waals surface area contributed by atoms with Gasteiger partial charge in [0.25, 0.3) is 0 Å². The Bertz CT molecular complexity index is 844. The van der Waals surface area contributed by atoms with Crippen molar-refractivity contribution in [2.75, 3.05) is 32.1 Å². The molecule has 0 saturated heterocycles. The van der Waals surface area contributed by atoms with Gasteiger partial charge >= 0.3 is 0 Å². The molecule has 25 heavy (non-hydrogen) atoms. The molecule has 6 nitrogen and oxygen atoms in total. The number of benzene rings is 2. The van der Waals surface area contributed by atoms with Crippen molar-refractivity contribution in [1.82, 2.24) is 24.8 Å². The van der Waals surface area contributed by atoms with Crippen molar-refractivity contribution in [3.05, 3.63) is 48.5 Å². The van der Waals surface area contributed by atoms with E-state index in [4.69, 9.17) is 9.97 Å². The number of para-hydroxylation sites is 4. The van der Waals surface area contributed by atoms with E-state index in [-0.39, 0.29) is 0 Å². The molecule has 4 rings (SSSR count). The Kier molecular flexibility index (Phi) is 4.11. The van der Waals surface area contributed by atoms with Crippen LogP contribution in [0.25, 0.3) is 22.1 Å². The van der Waals surface area contributed by atoms with Crippen LogP contribution >= 0.6 is 0 Å². The number of rotatable bonds is 6. The monoisotopic (exact) mass is 334 g/mol. The molecule has 0 radical (unpaired) electrons. The largest absolute Gasteiger partial charge is 0.324 e. The van der Waals surface area contributed by atoms with Crippen molar-refractivity contribution in [2.45, 2.75) is 6.42 Å². The first-order chi connectivity index (χ1) is 12.2. The fourth-order valence-corrected chi connectivity index (χ4v) is 2.99. The summed E-state index contributed by atoms with van der Waals surface area (Å²) in [6.45, 7) is 1.84. The molecule has 0 spiro atoms. The molecule has 0 unspecified atom stereocenters. The molecule has 0 bridgehead atoms. The molecule has 0 amide bonds. The van der Waals surface area contributed by atoms with Crippen LogP contribution in [-0.4, -0.2) is 52.0 Å². The summed E-state index contributed by atoms with van der Waals surface area (Å²) < 4.78 is 0. The van der Waals surface area contributed by atoms with Crippen molar-refractivity contribution in [3.63, 3.8) is 0 Å². The van der Waals surface area contributed by atoms with E-state index >= 15 is 0 Å². The molecule has 2 heterocycles. The molecule has 0 aliphatic rings. The Morgan fingerprint density at radius 1 is 0.760 bits per heavy atom. The molecule has 0 atom stereocenters. The second-order valence-electron chi connectivity index (χ2n) is 6.46. The highest BCUT2D eigenvalue weighted by Crippen LogP contribution is 2.25. The van der Waals surface area contributed by atoms with Gasteiger partial charge in [0.1, 0.15) is 0 Å². The highest BCUT2D eigenvalue weighted by molar-refractivity contribution is 5.81. The average Bonchev–Trinajstić information content (AvgIpc) is 3.21. The predicted octanol–water partition coefficient (Wildman–Crippen LogP) is 3.53. The van der Waals surface area contributed by atoms with Gasteiger partial charge < -0.3 is 14.9 Å². The summed E-state index contributed by atoms with van der Waals surface area (Å²) in [7, 11) is 4.18. The van der Waals surface area contributed by atoms with E-state index in [1.54, 1.807) is 0 Å². The van der Waals surface area contributed by atoms with E-state index in [1.807, 2.05) is 48.5 Å². The third kappa shape index (κ3) is 3.21. The second-order valence-corrected chi connectivity index (χ2v) is 6.46. The Labute approximate surface area is 146 Å². The van der Waals surface area contributed by atoms with Crippen LogP contribution in [0.1, 0.15) is 6.42 Å². The number of imidazole rings is 2. The van der Waals surface area contributed by atoms with E-state index in [1.165, 1.54) is 0 Å². The second kappa shape index (κ2) is 6.57. The predicted molar refractivity (Wildman–Crippen MR) is 102 cm³/mol. The van der Waals surface area contributed by atoms with E-state index in [0.717, 1.165) is 53.5 Å². The van der Waals surface area contributed by atoms with Gasteiger partial charge in [-0.05, 0) is 51.3 Å². The molecule has 4 aromatic rings. The van der Waals surface area contributed by atoms with Gasteiger partial charge in [0.15, 0.2) is 0 Å². The minimum Gasteiger partial charge on any atom is -0.324 e. The summed E-state index contributed by atoms with van der Waals surface area (Å²) in [4.78, 5) is 20.7. The summed E-state index contributed by atoms with van der Waals surface area (Å²) in [5, 5.41) is 0. The maximum Gasteiger partial charge on any atom is 0.210 e. The van der Waals surface area contributed by atoms with Crippen LogP contribution in [0.4, 0.5) is 11.9 Å². The lowest BCUT2D eigenvalue weighted by atomic mass is 10.3. The Balaban J connectivity index is 1.72. The number of aromatic amines is 2. The summed E-state index contributed by atoms with van der Waals surface area (Å²) in [5.74, 6) is 1.64. The summed E-state index contributed by atoms with van der Waals surface area (Å²) in [6, 6.07) is 16.2. The van der Waals surface area contributed by atoms with Crippen molar-refractivity contribution in [3.8, 4) is 0 Å². The molecule has 128 valence electrons. The molecule has 0 aliphatic heterocycles. The summed E-state index contributed by atoms with van der Waals surface area (Å²) >= 11 is 0. The van der Waals surface area contributed by atoms with Crippen molar-refractivity contribution < 1.29 is 0 Å². The molecular weight excluding hydrogens is 312 g/mol. The smallest absolute Gasteiger partial charge is 0.210 e. The zero-order chi connectivity index (χ0) is 17.2. The van der Waals surface area contributed by atoms with Gasteiger partial charge in [0, 0.05) is 6.54 Å². The number of hydrogen-bond donors (Lipinski definition) is 2. The molecule has 2 aromatic heterocycles. The van der Waals surface area contributed by atoms with Gasteiger partial charge in [0.2, 0.25) is 11.9 Å². The lowest BCUT2D eigenvalue weighted by Gasteiger charge is -2.20. The van der Waals surface area contributed by atoms with Crippen LogP contribution in [0.15, 0.2) is 48.5 Å². The van der Waals surface area contributed by atoms with Crippen LogP contribution in [0, 0.1) is 0 Å². The van der Waals surface area contributed by atoms with Crippen LogP contribution in [0.2, 0.25) is 0 Å². The highest BCUT2D eigenvalue weighted by Gasteiger charge is 2.17. The fourth-order valence-electron chi connectivity index (χ4n) is 2.99. The zero-order valence-corrected chi connectivity index (χ0v) is 14.5. The Morgan fingerprint density at radius 2 is 1.28 bits per heavy atom. The quantitative estimate of drug-likeness (QED) is 0.566. The first-order valence-corrected chi connectivity index (χ1v) is 8.52. The van der Waals surface area contributed by atoms with E-state index in [9.17, 15) is 0 Å². The van der Waals surface area contributed by atoms with Crippen LogP contribution in [0.3, 0.4) is 0 Å². The molecule has 0 saturated carbocycles. The van der Waals surface area contributed by atoms with Gasteiger partial charge in [0.05, 0.1) is 22.1 Å². The lowest BCUT2D eigenvalue weighted by Crippen LogP contribution is -2.24. The molecule has 2 N–H and O–H groups in total. The minimum absolute atomic E-state index is 0.819. The topological polar surface area (TPSA) is 63.8 Å². The fraction of sp³-hybridized carbons (Fsp3) is 0.263. The number of fused-ring (bicyclic) bond motifs is 2. The zero-order valence-electron chi connectivity index (χ0n) is 14.5. The van der Waals surface area contributed by atoms with Crippen molar-refractivity contribution in [1.29, 1.82) is 0 Å². The first kappa shape index (κ1) is 15.7. The molecule has 2 aromatic carbocycles. The van der Waals surface area contributed by atoms with Crippen LogP contribution < -0.4 is 4.90 Å². The van der Waals surface area contributed by atoms with Crippen LogP contribution in [0.5, 0.6) is 0 Å². The number of anilines is 2. The number of aromatic nitrogens is 4. The van der Waals surface area contributed by atoms with E-state index in [0.29, 0.717) is 0 Å². The number of hydrogen-bond acceptors (Lipinski definition) is 4. The van der Waals surface area contributed by atoms with Gasteiger partial charge in [-0.25, -0.2) is 9.97 Å². The number of nitrogens with zero attached hydrogens (tertiary/aromatic N) is 4. The maximum atomic E-state index is 4.75. The van der Waals surface area contributed by atoms with Crippen molar-refractivity contribution >= 4 is 34.0 Å². The van der Waals surface area contributed by atoms with Gasteiger partial charge in [-0.2, -0.15) is 0 Å². The SMILES string of the molecule is CN(C)CCCN(c1nc2ccccc2[nH]1)c1nc2ccccc2[nH]1. The Hall–Kier alpha value is -2.86. The average molecular weight is 334 g/mol. The molecular formula is C19H22N6. The Morgan fingerprint density at radius 3 is 1.76 bits per heavy atom. The van der Waals surface area contributed by atoms with E-state index in [2.05, 4.69) is 33.9 Å².